The number of thioether (sulfide) groups is 1. The van der Waals surface area contributed by atoms with Gasteiger partial charge in [0, 0.05) is 16.0 Å². The van der Waals surface area contributed by atoms with Crippen molar-refractivity contribution in [3.05, 3.63) is 51.7 Å². The van der Waals surface area contributed by atoms with E-state index in [4.69, 9.17) is 5.11 Å². The summed E-state index contributed by atoms with van der Waals surface area (Å²) >= 11 is 2.74. The molecule has 0 aliphatic heterocycles. The first-order chi connectivity index (χ1) is 9.60. The van der Waals surface area contributed by atoms with Gasteiger partial charge in [-0.3, -0.25) is 0 Å². The second kappa shape index (κ2) is 6.58. The van der Waals surface area contributed by atoms with E-state index >= 15 is 0 Å². The Bertz CT molecular complexity index is 634. The molecule has 0 aliphatic rings. The summed E-state index contributed by atoms with van der Waals surface area (Å²) in [5.41, 5.74) is 1.50. The van der Waals surface area contributed by atoms with Gasteiger partial charge in [-0.25, -0.2) is 9.59 Å². The first-order valence-electron chi connectivity index (χ1n) is 5.72. The van der Waals surface area contributed by atoms with Gasteiger partial charge in [0.1, 0.15) is 4.88 Å². The summed E-state index contributed by atoms with van der Waals surface area (Å²) in [6.45, 7) is 0. The highest BCUT2D eigenvalue weighted by molar-refractivity contribution is 7.98. The van der Waals surface area contributed by atoms with Crippen LogP contribution < -0.4 is 0 Å². The number of hydrogen-bond acceptors (Lipinski definition) is 5. The van der Waals surface area contributed by atoms with Crippen molar-refractivity contribution in [3.8, 4) is 0 Å². The summed E-state index contributed by atoms with van der Waals surface area (Å²) in [6.07, 6.45) is 0. The minimum absolute atomic E-state index is 0.329. The minimum atomic E-state index is -0.908. The number of methoxy groups -OCH3 is 1. The molecule has 0 aliphatic carbocycles. The third kappa shape index (κ3) is 3.61. The standard InChI is InChI=1S/C14H12O4S2/c1-18-14(17)10-4-2-3-9(5-10)7-19-11-6-12(13(15)16)20-8-11/h2-6,8H,7H2,1H3,(H,15,16). The lowest BCUT2D eigenvalue weighted by atomic mass is 10.1. The molecule has 1 N–H and O–H groups in total. The molecule has 1 heterocycles. The van der Waals surface area contributed by atoms with E-state index in [-0.39, 0.29) is 5.97 Å². The molecule has 0 saturated heterocycles. The van der Waals surface area contributed by atoms with E-state index in [1.807, 2.05) is 11.4 Å². The van der Waals surface area contributed by atoms with E-state index in [0.29, 0.717) is 16.2 Å². The third-order valence-corrected chi connectivity index (χ3v) is 4.65. The maximum absolute atomic E-state index is 11.4. The smallest absolute Gasteiger partial charge is 0.345 e. The average molecular weight is 308 g/mol. The van der Waals surface area contributed by atoms with Crippen molar-refractivity contribution in [2.45, 2.75) is 10.6 Å². The van der Waals surface area contributed by atoms with E-state index in [2.05, 4.69) is 4.74 Å². The molecule has 0 unspecified atom stereocenters. The molecule has 0 atom stereocenters. The van der Waals surface area contributed by atoms with Crippen molar-refractivity contribution < 1.29 is 19.4 Å². The van der Waals surface area contributed by atoms with Crippen molar-refractivity contribution in [2.75, 3.05) is 7.11 Å². The van der Waals surface area contributed by atoms with Gasteiger partial charge in [0.2, 0.25) is 0 Å². The Morgan fingerprint density at radius 1 is 1.35 bits per heavy atom. The van der Waals surface area contributed by atoms with Crippen LogP contribution in [0, 0.1) is 0 Å². The van der Waals surface area contributed by atoms with Crippen LogP contribution in [0.1, 0.15) is 25.6 Å². The largest absolute Gasteiger partial charge is 0.477 e. The maximum Gasteiger partial charge on any atom is 0.345 e. The summed E-state index contributed by atoms with van der Waals surface area (Å²) in [5.74, 6) is -0.601. The first kappa shape index (κ1) is 14.6. The van der Waals surface area contributed by atoms with Crippen molar-refractivity contribution >= 4 is 35.0 Å². The Labute approximate surface area is 124 Å². The van der Waals surface area contributed by atoms with Crippen LogP contribution in [0.2, 0.25) is 0 Å². The Kier molecular flexibility index (Phi) is 4.81. The number of ether oxygens (including phenoxy) is 1. The molecule has 1 aromatic heterocycles. The van der Waals surface area contributed by atoms with Crippen LogP contribution in [-0.4, -0.2) is 24.2 Å². The van der Waals surface area contributed by atoms with E-state index in [1.165, 1.54) is 30.2 Å². The van der Waals surface area contributed by atoms with Gasteiger partial charge in [-0.05, 0) is 23.8 Å². The maximum atomic E-state index is 11.4. The van der Waals surface area contributed by atoms with Crippen molar-refractivity contribution in [3.63, 3.8) is 0 Å². The predicted molar refractivity (Wildman–Crippen MR) is 78.6 cm³/mol. The highest BCUT2D eigenvalue weighted by atomic mass is 32.2. The predicted octanol–water partition coefficient (Wildman–Crippen LogP) is 3.53. The molecule has 104 valence electrons. The fraction of sp³-hybridized carbons (Fsp3) is 0.143. The molecule has 0 saturated carbocycles. The number of carboxylic acid groups (broad SMARTS) is 1. The zero-order chi connectivity index (χ0) is 14.5. The SMILES string of the molecule is COC(=O)c1cccc(CSc2csc(C(=O)O)c2)c1. The highest BCUT2D eigenvalue weighted by Crippen LogP contribution is 2.28. The minimum Gasteiger partial charge on any atom is -0.477 e. The average Bonchev–Trinajstić information content (AvgIpc) is 2.93. The lowest BCUT2D eigenvalue weighted by Gasteiger charge is -2.03. The molecule has 6 heteroatoms. The first-order valence-corrected chi connectivity index (χ1v) is 7.58. The molecule has 1 aromatic carbocycles. The molecule has 0 amide bonds. The van der Waals surface area contributed by atoms with Crippen LogP contribution in [0.5, 0.6) is 0 Å². The third-order valence-electron chi connectivity index (χ3n) is 2.54. The quantitative estimate of drug-likeness (QED) is 0.676. The summed E-state index contributed by atoms with van der Waals surface area (Å²) in [4.78, 5) is 23.5. The van der Waals surface area contributed by atoms with Crippen LogP contribution in [0.15, 0.2) is 40.6 Å². The molecular weight excluding hydrogens is 296 g/mol. The number of benzene rings is 1. The fourth-order valence-corrected chi connectivity index (χ4v) is 3.39. The topological polar surface area (TPSA) is 63.6 Å². The van der Waals surface area contributed by atoms with Gasteiger partial charge in [-0.2, -0.15) is 0 Å². The number of carbonyl (C=O) groups excluding carboxylic acids is 1. The lowest BCUT2D eigenvalue weighted by Crippen LogP contribution is -2.01. The molecule has 2 aromatic rings. The number of rotatable bonds is 5. The summed E-state index contributed by atoms with van der Waals surface area (Å²) in [6, 6.07) is 8.86. The summed E-state index contributed by atoms with van der Waals surface area (Å²) in [7, 11) is 1.35. The molecule has 20 heavy (non-hydrogen) atoms. The van der Waals surface area contributed by atoms with Crippen LogP contribution in [0.25, 0.3) is 0 Å². The molecule has 0 bridgehead atoms. The van der Waals surface area contributed by atoms with Gasteiger partial charge in [0.05, 0.1) is 12.7 Å². The van der Waals surface area contributed by atoms with E-state index in [0.717, 1.165) is 10.5 Å². The van der Waals surface area contributed by atoms with Crippen LogP contribution >= 0.6 is 23.1 Å². The molecule has 0 radical (unpaired) electrons. The second-order valence-electron chi connectivity index (χ2n) is 3.93. The normalized spacial score (nSPS) is 10.2. The number of carboxylic acids is 1. The number of esters is 1. The van der Waals surface area contributed by atoms with Crippen molar-refractivity contribution in [1.29, 1.82) is 0 Å². The van der Waals surface area contributed by atoms with Gasteiger partial charge >= 0.3 is 11.9 Å². The van der Waals surface area contributed by atoms with E-state index < -0.39 is 5.97 Å². The molecule has 0 spiro atoms. The lowest BCUT2D eigenvalue weighted by molar-refractivity contribution is 0.0599. The van der Waals surface area contributed by atoms with Crippen molar-refractivity contribution in [2.24, 2.45) is 0 Å². The van der Waals surface area contributed by atoms with Crippen LogP contribution in [0.4, 0.5) is 0 Å². The number of hydrogen-bond donors (Lipinski definition) is 1. The van der Waals surface area contributed by atoms with Gasteiger partial charge in [-0.15, -0.1) is 23.1 Å². The molecular formula is C14H12O4S2. The van der Waals surface area contributed by atoms with Gasteiger partial charge < -0.3 is 9.84 Å². The van der Waals surface area contributed by atoms with E-state index in [9.17, 15) is 9.59 Å². The van der Waals surface area contributed by atoms with Gasteiger partial charge in [0.25, 0.3) is 0 Å². The Morgan fingerprint density at radius 2 is 2.15 bits per heavy atom. The number of carbonyl (C=O) groups is 2. The second-order valence-corrected chi connectivity index (χ2v) is 5.89. The number of thiophene rings is 1. The van der Waals surface area contributed by atoms with Crippen molar-refractivity contribution in [1.82, 2.24) is 0 Å². The fourth-order valence-electron chi connectivity index (χ4n) is 1.58. The van der Waals surface area contributed by atoms with Gasteiger partial charge in [0.15, 0.2) is 0 Å². The molecule has 0 fully saturated rings. The van der Waals surface area contributed by atoms with E-state index in [1.54, 1.807) is 24.3 Å². The molecule has 2 rings (SSSR count). The molecule has 4 nitrogen and oxygen atoms in total. The Balaban J connectivity index is 2.03. The van der Waals surface area contributed by atoms with Crippen LogP contribution in [-0.2, 0) is 10.5 Å². The van der Waals surface area contributed by atoms with Crippen LogP contribution in [0.3, 0.4) is 0 Å². The Hall–Kier alpha value is -1.79. The highest BCUT2D eigenvalue weighted by Gasteiger charge is 2.08. The monoisotopic (exact) mass is 308 g/mol. The zero-order valence-electron chi connectivity index (χ0n) is 10.7. The van der Waals surface area contributed by atoms with Gasteiger partial charge in [-0.1, -0.05) is 12.1 Å². The summed E-state index contributed by atoms with van der Waals surface area (Å²) in [5, 5.41) is 10.7. The number of aromatic carboxylic acids is 1. The summed E-state index contributed by atoms with van der Waals surface area (Å²) < 4.78 is 4.67. The Morgan fingerprint density at radius 3 is 2.80 bits per heavy atom. The zero-order valence-corrected chi connectivity index (χ0v) is 12.3.